The third-order valence-corrected chi connectivity index (χ3v) is 2.87. The van der Waals surface area contributed by atoms with Crippen LogP contribution in [0.15, 0.2) is 0 Å². The van der Waals surface area contributed by atoms with E-state index in [2.05, 4.69) is 24.2 Å². The molecule has 0 aromatic rings. The second-order valence-electron chi connectivity index (χ2n) is 2.77. The van der Waals surface area contributed by atoms with Gasteiger partial charge in [-0.15, -0.1) is 11.8 Å². The quantitative estimate of drug-likeness (QED) is 0.651. The smallest absolute Gasteiger partial charge is 0.0421 e. The first-order chi connectivity index (χ1) is 4.83. The van der Waals surface area contributed by atoms with E-state index in [1.165, 1.54) is 12.3 Å². The van der Waals surface area contributed by atoms with E-state index in [9.17, 15) is 0 Å². The maximum Gasteiger partial charge on any atom is 0.0421 e. The van der Waals surface area contributed by atoms with E-state index in [1.54, 1.807) is 0 Å². The minimum Gasteiger partial charge on any atom is -0.305 e. The fourth-order valence-electron chi connectivity index (χ4n) is 1.06. The number of nitrogens with zero attached hydrogens (tertiary/aromatic N) is 1. The minimum atomic E-state index is 0.731. The monoisotopic (exact) mass is 160 g/mol. The van der Waals surface area contributed by atoms with Crippen LogP contribution in [0.4, 0.5) is 0 Å². The van der Waals surface area contributed by atoms with Crippen LogP contribution >= 0.6 is 11.8 Å². The van der Waals surface area contributed by atoms with Crippen molar-refractivity contribution in [3.05, 3.63) is 0 Å². The summed E-state index contributed by atoms with van der Waals surface area (Å²) in [6, 6.07) is 0.731. The molecule has 0 aromatic carbocycles. The molecule has 1 heterocycles. The molecule has 0 bridgehead atoms. The summed E-state index contributed by atoms with van der Waals surface area (Å²) in [5, 5.41) is 3.44. The lowest BCUT2D eigenvalue weighted by atomic mass is 10.3. The van der Waals surface area contributed by atoms with Crippen LogP contribution in [-0.2, 0) is 0 Å². The summed E-state index contributed by atoms with van der Waals surface area (Å²) >= 11 is 2.00. The Morgan fingerprint density at radius 2 is 2.50 bits per heavy atom. The van der Waals surface area contributed by atoms with Crippen LogP contribution in [0.3, 0.4) is 0 Å². The van der Waals surface area contributed by atoms with Gasteiger partial charge in [0.05, 0.1) is 0 Å². The fourth-order valence-corrected chi connectivity index (χ4v) is 2.04. The molecule has 2 nitrogen and oxygen atoms in total. The molecule has 3 heteroatoms. The first kappa shape index (κ1) is 8.37. The van der Waals surface area contributed by atoms with Crippen LogP contribution in [0, 0.1) is 0 Å². The molecule has 0 aromatic heterocycles. The van der Waals surface area contributed by atoms with E-state index in [-0.39, 0.29) is 0 Å². The van der Waals surface area contributed by atoms with E-state index in [1.807, 2.05) is 11.8 Å². The van der Waals surface area contributed by atoms with Gasteiger partial charge in [-0.3, -0.25) is 0 Å². The van der Waals surface area contributed by atoms with Gasteiger partial charge in [0.25, 0.3) is 0 Å². The number of likely N-dealkylation sites (N-methyl/N-ethyl adjacent to an activating group) is 1. The topological polar surface area (TPSA) is 15.3 Å². The highest BCUT2D eigenvalue weighted by molar-refractivity contribution is 7.99. The van der Waals surface area contributed by atoms with E-state index in [0.29, 0.717) is 0 Å². The van der Waals surface area contributed by atoms with Crippen LogP contribution in [-0.4, -0.2) is 42.7 Å². The molecule has 10 heavy (non-hydrogen) atoms. The summed E-state index contributed by atoms with van der Waals surface area (Å²) in [5.41, 5.74) is 0. The molecule has 0 radical (unpaired) electrons. The Kier molecular flexibility index (Phi) is 3.52. The molecule has 1 N–H and O–H groups in total. The SMILES string of the molecule is CCN(C)CC1CSCN1. The molecule has 0 saturated carbocycles. The van der Waals surface area contributed by atoms with Gasteiger partial charge in [-0.2, -0.15) is 0 Å². The molecule has 0 aliphatic carbocycles. The Hall–Kier alpha value is 0.270. The van der Waals surface area contributed by atoms with Gasteiger partial charge in [0.2, 0.25) is 0 Å². The summed E-state index contributed by atoms with van der Waals surface area (Å²) in [7, 11) is 2.17. The lowest BCUT2D eigenvalue weighted by Crippen LogP contribution is -2.36. The van der Waals surface area contributed by atoms with Crippen LogP contribution in [0.5, 0.6) is 0 Å². The molecule has 60 valence electrons. The van der Waals surface area contributed by atoms with E-state index >= 15 is 0 Å². The molecule has 1 fully saturated rings. The predicted octanol–water partition coefficient (Wildman–Crippen LogP) is 0.601. The van der Waals surface area contributed by atoms with Crippen LogP contribution in [0.2, 0.25) is 0 Å². The minimum absolute atomic E-state index is 0.731. The van der Waals surface area contributed by atoms with Crippen molar-refractivity contribution in [2.45, 2.75) is 13.0 Å². The predicted molar refractivity (Wildman–Crippen MR) is 47.4 cm³/mol. The number of hydrogen-bond acceptors (Lipinski definition) is 3. The van der Waals surface area contributed by atoms with Crippen molar-refractivity contribution in [3.63, 3.8) is 0 Å². The summed E-state index contributed by atoms with van der Waals surface area (Å²) in [5.74, 6) is 2.42. The second-order valence-corrected chi connectivity index (χ2v) is 3.80. The van der Waals surface area contributed by atoms with Gasteiger partial charge < -0.3 is 10.2 Å². The molecule has 1 atom stereocenters. The molecule has 1 saturated heterocycles. The van der Waals surface area contributed by atoms with Crippen molar-refractivity contribution >= 4 is 11.8 Å². The Morgan fingerprint density at radius 1 is 1.70 bits per heavy atom. The van der Waals surface area contributed by atoms with Gasteiger partial charge in [0.1, 0.15) is 0 Å². The highest BCUT2D eigenvalue weighted by atomic mass is 32.2. The zero-order chi connectivity index (χ0) is 7.40. The maximum atomic E-state index is 3.44. The van der Waals surface area contributed by atoms with Crippen molar-refractivity contribution in [3.8, 4) is 0 Å². The van der Waals surface area contributed by atoms with Crippen LogP contribution < -0.4 is 5.32 Å². The summed E-state index contributed by atoms with van der Waals surface area (Å²) in [4.78, 5) is 2.35. The third kappa shape index (κ3) is 2.48. The van der Waals surface area contributed by atoms with Crippen molar-refractivity contribution in [1.29, 1.82) is 0 Å². The van der Waals surface area contributed by atoms with Gasteiger partial charge in [-0.1, -0.05) is 6.92 Å². The Bertz CT molecular complexity index is 91.6. The molecule has 1 rings (SSSR count). The highest BCUT2D eigenvalue weighted by Crippen LogP contribution is 2.09. The lowest BCUT2D eigenvalue weighted by molar-refractivity contribution is 0.322. The summed E-state index contributed by atoms with van der Waals surface area (Å²) < 4.78 is 0. The first-order valence-electron chi connectivity index (χ1n) is 3.82. The second kappa shape index (κ2) is 4.21. The Labute approximate surface area is 67.4 Å². The molecule has 1 aliphatic rings. The first-order valence-corrected chi connectivity index (χ1v) is 4.98. The average molecular weight is 160 g/mol. The maximum absolute atomic E-state index is 3.44. The molecular weight excluding hydrogens is 144 g/mol. The van der Waals surface area contributed by atoms with Crippen molar-refractivity contribution < 1.29 is 0 Å². The zero-order valence-corrected chi connectivity index (χ0v) is 7.58. The highest BCUT2D eigenvalue weighted by Gasteiger charge is 2.14. The lowest BCUT2D eigenvalue weighted by Gasteiger charge is -2.18. The molecule has 1 unspecified atom stereocenters. The van der Waals surface area contributed by atoms with Crippen LogP contribution in [0.25, 0.3) is 0 Å². The fraction of sp³-hybridized carbons (Fsp3) is 1.00. The number of thioether (sulfide) groups is 1. The third-order valence-electron chi connectivity index (χ3n) is 1.87. The molecule has 1 aliphatic heterocycles. The largest absolute Gasteiger partial charge is 0.305 e. The molecular formula is C7H16N2S. The van der Waals surface area contributed by atoms with Crippen molar-refractivity contribution in [1.82, 2.24) is 10.2 Å². The van der Waals surface area contributed by atoms with Crippen molar-refractivity contribution in [2.75, 3.05) is 31.8 Å². The Balaban J connectivity index is 2.11. The zero-order valence-electron chi connectivity index (χ0n) is 6.76. The van der Waals surface area contributed by atoms with Gasteiger partial charge >= 0.3 is 0 Å². The Morgan fingerprint density at radius 3 is 3.00 bits per heavy atom. The summed E-state index contributed by atoms with van der Waals surface area (Å²) in [6.07, 6.45) is 0. The molecule has 0 spiro atoms. The number of hydrogen-bond donors (Lipinski definition) is 1. The van der Waals surface area contributed by atoms with Gasteiger partial charge in [0.15, 0.2) is 0 Å². The summed E-state index contributed by atoms with van der Waals surface area (Å²) in [6.45, 7) is 4.55. The normalized spacial score (nSPS) is 26.1. The number of rotatable bonds is 3. The number of nitrogens with one attached hydrogen (secondary N) is 1. The average Bonchev–Trinajstić information content (AvgIpc) is 2.40. The van der Waals surface area contributed by atoms with Gasteiger partial charge in [0, 0.05) is 24.2 Å². The van der Waals surface area contributed by atoms with Crippen LogP contribution in [0.1, 0.15) is 6.92 Å². The van der Waals surface area contributed by atoms with E-state index in [0.717, 1.165) is 18.5 Å². The molecule has 0 amide bonds. The van der Waals surface area contributed by atoms with Crippen molar-refractivity contribution in [2.24, 2.45) is 0 Å². The standard InChI is InChI=1S/C7H16N2S/c1-3-9(2)4-7-5-10-6-8-7/h7-8H,3-6H2,1-2H3. The van der Waals surface area contributed by atoms with Gasteiger partial charge in [-0.25, -0.2) is 0 Å². The van der Waals surface area contributed by atoms with E-state index in [4.69, 9.17) is 0 Å². The van der Waals surface area contributed by atoms with Gasteiger partial charge in [-0.05, 0) is 13.6 Å². The van der Waals surface area contributed by atoms with E-state index < -0.39 is 0 Å².